The Morgan fingerprint density at radius 2 is 1.79 bits per heavy atom. The number of anilines is 2. The van der Waals surface area contributed by atoms with Crippen molar-refractivity contribution in [1.82, 2.24) is 9.88 Å². The van der Waals surface area contributed by atoms with Crippen LogP contribution in [0, 0.1) is 13.8 Å². The fraction of sp³-hybridized carbons (Fsp3) is 0.304. The van der Waals surface area contributed by atoms with E-state index in [4.69, 9.17) is 4.74 Å². The molecule has 0 unspecified atom stereocenters. The van der Waals surface area contributed by atoms with Gasteiger partial charge in [-0.3, -0.25) is 4.98 Å². The first-order valence-corrected chi connectivity index (χ1v) is 9.87. The molecule has 1 fully saturated rings. The van der Waals surface area contributed by atoms with Crippen molar-refractivity contribution in [2.75, 3.05) is 43.5 Å². The van der Waals surface area contributed by atoms with Gasteiger partial charge in [-0.05, 0) is 43.7 Å². The predicted molar refractivity (Wildman–Crippen MR) is 117 cm³/mol. The quantitative estimate of drug-likeness (QED) is 0.728. The van der Waals surface area contributed by atoms with Crippen molar-refractivity contribution in [3.8, 4) is 5.75 Å². The lowest BCUT2D eigenvalue weighted by atomic mass is 10.1. The number of carbonyl (C=O) groups is 1. The van der Waals surface area contributed by atoms with Crippen LogP contribution in [0.4, 0.5) is 16.2 Å². The number of para-hydroxylation sites is 1. The average molecular weight is 390 g/mol. The SMILES string of the molecule is COc1ccc(C)cc1N1CCN(C(=O)Nc2cc3ccccc3nc2C)CC1. The zero-order valence-electron chi connectivity index (χ0n) is 17.1. The van der Waals surface area contributed by atoms with Gasteiger partial charge in [0.05, 0.1) is 29.7 Å². The van der Waals surface area contributed by atoms with Crippen LogP contribution in [0.5, 0.6) is 5.75 Å². The van der Waals surface area contributed by atoms with Gasteiger partial charge in [-0.1, -0.05) is 24.3 Å². The number of hydrogen-bond donors (Lipinski definition) is 1. The average Bonchev–Trinajstić information content (AvgIpc) is 2.74. The molecule has 0 saturated carbocycles. The van der Waals surface area contributed by atoms with Crippen LogP contribution < -0.4 is 15.0 Å². The molecular formula is C23H26N4O2. The van der Waals surface area contributed by atoms with E-state index in [0.717, 1.165) is 46.8 Å². The molecule has 6 nitrogen and oxygen atoms in total. The zero-order chi connectivity index (χ0) is 20.4. The smallest absolute Gasteiger partial charge is 0.322 e. The second-order valence-corrected chi connectivity index (χ2v) is 7.39. The topological polar surface area (TPSA) is 57.7 Å². The van der Waals surface area contributed by atoms with Crippen LogP contribution in [0.15, 0.2) is 48.5 Å². The van der Waals surface area contributed by atoms with E-state index in [1.807, 2.05) is 54.3 Å². The number of piperazine rings is 1. The summed E-state index contributed by atoms with van der Waals surface area (Å²) in [6.45, 7) is 6.84. The Balaban J connectivity index is 1.43. The fourth-order valence-electron chi connectivity index (χ4n) is 3.73. The van der Waals surface area contributed by atoms with E-state index in [0.29, 0.717) is 13.1 Å². The van der Waals surface area contributed by atoms with Gasteiger partial charge in [-0.15, -0.1) is 0 Å². The summed E-state index contributed by atoms with van der Waals surface area (Å²) in [5, 5.41) is 4.06. The highest BCUT2D eigenvalue weighted by Gasteiger charge is 2.23. The maximum absolute atomic E-state index is 12.8. The van der Waals surface area contributed by atoms with Gasteiger partial charge >= 0.3 is 6.03 Å². The third kappa shape index (κ3) is 3.97. The van der Waals surface area contributed by atoms with Gasteiger partial charge in [-0.25, -0.2) is 4.79 Å². The zero-order valence-corrected chi connectivity index (χ0v) is 17.1. The Labute approximate surface area is 171 Å². The number of aryl methyl sites for hydroxylation is 2. The van der Waals surface area contributed by atoms with Crippen LogP contribution in [0.2, 0.25) is 0 Å². The van der Waals surface area contributed by atoms with Crippen LogP contribution >= 0.6 is 0 Å². The minimum Gasteiger partial charge on any atom is -0.495 e. The molecule has 3 aromatic rings. The first-order chi connectivity index (χ1) is 14.0. The number of aromatic nitrogens is 1. The van der Waals surface area contributed by atoms with Gasteiger partial charge in [0.1, 0.15) is 5.75 Å². The largest absolute Gasteiger partial charge is 0.495 e. The predicted octanol–water partition coefficient (Wildman–Crippen LogP) is 4.21. The number of pyridine rings is 1. The van der Waals surface area contributed by atoms with E-state index in [1.165, 1.54) is 5.56 Å². The molecular weight excluding hydrogens is 364 g/mol. The lowest BCUT2D eigenvalue weighted by molar-refractivity contribution is 0.208. The van der Waals surface area contributed by atoms with Crippen molar-refractivity contribution in [2.45, 2.75) is 13.8 Å². The van der Waals surface area contributed by atoms with Crippen LogP contribution in [-0.2, 0) is 0 Å². The van der Waals surface area contributed by atoms with Crippen LogP contribution in [0.25, 0.3) is 10.9 Å². The minimum atomic E-state index is -0.0824. The summed E-state index contributed by atoms with van der Waals surface area (Å²) in [5.74, 6) is 0.867. The number of benzene rings is 2. The molecule has 0 radical (unpaired) electrons. The van der Waals surface area contributed by atoms with Crippen LogP contribution in [-0.4, -0.2) is 49.2 Å². The summed E-state index contributed by atoms with van der Waals surface area (Å²) in [6, 6.07) is 16.0. The molecule has 150 valence electrons. The molecule has 1 N–H and O–H groups in total. The molecule has 2 aromatic carbocycles. The Bertz CT molecular complexity index is 1040. The number of carbonyl (C=O) groups excluding carboxylic acids is 1. The number of amides is 2. The number of nitrogens with one attached hydrogen (secondary N) is 1. The molecule has 2 heterocycles. The second kappa shape index (κ2) is 7.99. The normalized spacial score (nSPS) is 14.2. The molecule has 0 spiro atoms. The lowest BCUT2D eigenvalue weighted by Crippen LogP contribution is -2.50. The Morgan fingerprint density at radius 1 is 1.03 bits per heavy atom. The number of nitrogens with zero attached hydrogens (tertiary/aromatic N) is 3. The summed E-state index contributed by atoms with van der Waals surface area (Å²) in [6.07, 6.45) is 0. The summed E-state index contributed by atoms with van der Waals surface area (Å²) >= 11 is 0. The highest BCUT2D eigenvalue weighted by molar-refractivity contribution is 5.93. The molecule has 2 amide bonds. The molecule has 1 aliphatic rings. The second-order valence-electron chi connectivity index (χ2n) is 7.39. The molecule has 1 saturated heterocycles. The molecule has 1 aliphatic heterocycles. The number of rotatable bonds is 3. The molecule has 29 heavy (non-hydrogen) atoms. The number of methoxy groups -OCH3 is 1. The first kappa shape index (κ1) is 19.1. The van der Waals surface area contributed by atoms with E-state index >= 15 is 0 Å². The molecule has 1 aromatic heterocycles. The molecule has 4 rings (SSSR count). The van der Waals surface area contributed by atoms with Gasteiger partial charge in [0.25, 0.3) is 0 Å². The number of fused-ring (bicyclic) bond motifs is 1. The monoisotopic (exact) mass is 390 g/mol. The van der Waals surface area contributed by atoms with Crippen molar-refractivity contribution in [2.24, 2.45) is 0 Å². The maximum Gasteiger partial charge on any atom is 0.322 e. The third-order valence-corrected chi connectivity index (χ3v) is 5.40. The van der Waals surface area contributed by atoms with E-state index in [9.17, 15) is 4.79 Å². The summed E-state index contributed by atoms with van der Waals surface area (Å²) in [5.41, 5.74) is 4.79. The van der Waals surface area contributed by atoms with Gasteiger partial charge in [-0.2, -0.15) is 0 Å². The fourth-order valence-corrected chi connectivity index (χ4v) is 3.73. The van der Waals surface area contributed by atoms with Crippen molar-refractivity contribution < 1.29 is 9.53 Å². The third-order valence-electron chi connectivity index (χ3n) is 5.40. The van der Waals surface area contributed by atoms with Crippen LogP contribution in [0.3, 0.4) is 0 Å². The van der Waals surface area contributed by atoms with Gasteiger partial charge < -0.3 is 19.9 Å². The molecule has 0 atom stereocenters. The van der Waals surface area contributed by atoms with Crippen molar-refractivity contribution in [1.29, 1.82) is 0 Å². The van der Waals surface area contributed by atoms with E-state index < -0.39 is 0 Å². The van der Waals surface area contributed by atoms with E-state index in [-0.39, 0.29) is 6.03 Å². The Hall–Kier alpha value is -3.28. The van der Waals surface area contributed by atoms with Gasteiger partial charge in [0.15, 0.2) is 0 Å². The van der Waals surface area contributed by atoms with Gasteiger partial charge in [0.2, 0.25) is 0 Å². The van der Waals surface area contributed by atoms with Crippen molar-refractivity contribution in [3.63, 3.8) is 0 Å². The van der Waals surface area contributed by atoms with Crippen molar-refractivity contribution in [3.05, 3.63) is 59.8 Å². The Kier molecular flexibility index (Phi) is 5.25. The van der Waals surface area contributed by atoms with E-state index in [1.54, 1.807) is 7.11 Å². The summed E-state index contributed by atoms with van der Waals surface area (Å²) in [7, 11) is 1.69. The summed E-state index contributed by atoms with van der Waals surface area (Å²) < 4.78 is 5.51. The Morgan fingerprint density at radius 3 is 2.55 bits per heavy atom. The lowest BCUT2D eigenvalue weighted by Gasteiger charge is -2.36. The van der Waals surface area contributed by atoms with Gasteiger partial charge in [0, 0.05) is 31.6 Å². The number of urea groups is 1. The summed E-state index contributed by atoms with van der Waals surface area (Å²) in [4.78, 5) is 21.5. The minimum absolute atomic E-state index is 0.0824. The maximum atomic E-state index is 12.8. The number of ether oxygens (including phenoxy) is 1. The molecule has 0 aliphatic carbocycles. The highest BCUT2D eigenvalue weighted by Crippen LogP contribution is 2.30. The van der Waals surface area contributed by atoms with E-state index in [2.05, 4.69) is 28.2 Å². The first-order valence-electron chi connectivity index (χ1n) is 9.87. The number of hydrogen-bond acceptors (Lipinski definition) is 4. The standard InChI is InChI=1S/C23H26N4O2/c1-16-8-9-22(29-3)21(14-16)26-10-12-27(13-11-26)23(28)25-20-15-18-6-4-5-7-19(18)24-17(20)2/h4-9,14-15H,10-13H2,1-3H3,(H,25,28). The molecule has 0 bridgehead atoms. The highest BCUT2D eigenvalue weighted by atomic mass is 16.5. The molecule has 6 heteroatoms. The van der Waals surface area contributed by atoms with Crippen molar-refractivity contribution >= 4 is 28.3 Å². The van der Waals surface area contributed by atoms with Crippen LogP contribution in [0.1, 0.15) is 11.3 Å².